The molecule has 0 radical (unpaired) electrons. The van der Waals surface area contributed by atoms with Crippen LogP contribution in [-0.2, 0) is 0 Å². The van der Waals surface area contributed by atoms with Gasteiger partial charge in [-0.2, -0.15) is 0 Å². The van der Waals surface area contributed by atoms with Crippen molar-refractivity contribution in [3.63, 3.8) is 0 Å². The molecule has 1 fully saturated rings. The molecule has 1 aromatic rings. The molecule has 0 unspecified atom stereocenters. The molecule has 0 heterocycles. The first-order valence-electron chi connectivity index (χ1n) is 6.37. The Hall–Kier alpha value is -1.22. The van der Waals surface area contributed by atoms with Gasteiger partial charge in [0.25, 0.3) is 0 Å². The third-order valence-electron chi connectivity index (χ3n) is 3.09. The van der Waals surface area contributed by atoms with E-state index >= 15 is 0 Å². The zero-order chi connectivity index (χ0) is 12.1. The van der Waals surface area contributed by atoms with E-state index in [0.29, 0.717) is 6.61 Å². The number of aliphatic hydroxyl groups is 1. The minimum absolute atomic E-state index is 0.0540. The summed E-state index contributed by atoms with van der Waals surface area (Å²) in [4.78, 5) is 0. The van der Waals surface area contributed by atoms with E-state index < -0.39 is 0 Å². The Morgan fingerprint density at radius 3 is 2.41 bits per heavy atom. The summed E-state index contributed by atoms with van der Waals surface area (Å²) >= 11 is 0. The average Bonchev–Trinajstić information content (AvgIpc) is 2.35. The maximum absolute atomic E-state index is 9.82. The quantitative estimate of drug-likeness (QED) is 0.873. The van der Waals surface area contributed by atoms with Gasteiger partial charge in [-0.25, -0.2) is 0 Å². The average molecular weight is 236 g/mol. The van der Waals surface area contributed by atoms with Crippen LogP contribution in [0.1, 0.15) is 32.6 Å². The highest BCUT2D eigenvalue weighted by Gasteiger charge is 2.24. The van der Waals surface area contributed by atoms with Crippen molar-refractivity contribution in [2.75, 3.05) is 6.61 Å². The van der Waals surface area contributed by atoms with E-state index in [0.717, 1.165) is 37.2 Å². The molecule has 1 aliphatic carbocycles. The zero-order valence-corrected chi connectivity index (χ0v) is 10.3. The molecule has 1 N–H and O–H groups in total. The lowest BCUT2D eigenvalue weighted by Gasteiger charge is -2.28. The molecular weight excluding hydrogens is 216 g/mol. The van der Waals surface area contributed by atoms with Crippen LogP contribution in [0.3, 0.4) is 0 Å². The van der Waals surface area contributed by atoms with Crippen LogP contribution in [-0.4, -0.2) is 23.9 Å². The van der Waals surface area contributed by atoms with Crippen molar-refractivity contribution >= 4 is 0 Å². The van der Waals surface area contributed by atoms with Gasteiger partial charge in [0.15, 0.2) is 0 Å². The molecular formula is C14H20O3. The predicted molar refractivity (Wildman–Crippen MR) is 66.5 cm³/mol. The van der Waals surface area contributed by atoms with Crippen molar-refractivity contribution in [2.45, 2.75) is 44.8 Å². The van der Waals surface area contributed by atoms with E-state index in [2.05, 4.69) is 0 Å². The standard InChI is InChI=1S/C14H20O3/c1-2-16-11-7-9-12(10-8-11)17-14-6-4-3-5-13(14)15/h7-10,13-15H,2-6H2,1H3/t13-,14-/m0/s1. The highest BCUT2D eigenvalue weighted by atomic mass is 16.5. The van der Waals surface area contributed by atoms with E-state index in [4.69, 9.17) is 9.47 Å². The Morgan fingerprint density at radius 1 is 1.12 bits per heavy atom. The van der Waals surface area contributed by atoms with Gasteiger partial charge in [-0.3, -0.25) is 0 Å². The second-order valence-electron chi connectivity index (χ2n) is 4.41. The van der Waals surface area contributed by atoms with Gasteiger partial charge in [-0.1, -0.05) is 6.42 Å². The van der Waals surface area contributed by atoms with Crippen LogP contribution in [0, 0.1) is 0 Å². The van der Waals surface area contributed by atoms with Crippen LogP contribution >= 0.6 is 0 Å². The maximum atomic E-state index is 9.82. The van der Waals surface area contributed by atoms with Gasteiger partial charge >= 0.3 is 0 Å². The molecule has 1 aliphatic rings. The summed E-state index contributed by atoms with van der Waals surface area (Å²) in [6.45, 7) is 2.63. The lowest BCUT2D eigenvalue weighted by atomic mass is 9.95. The molecule has 0 amide bonds. The van der Waals surface area contributed by atoms with Crippen LogP contribution < -0.4 is 9.47 Å². The number of hydrogen-bond donors (Lipinski definition) is 1. The third kappa shape index (κ3) is 3.37. The molecule has 0 aromatic heterocycles. The third-order valence-corrected chi connectivity index (χ3v) is 3.09. The van der Waals surface area contributed by atoms with Crippen molar-refractivity contribution in [1.29, 1.82) is 0 Å². The van der Waals surface area contributed by atoms with Gasteiger partial charge < -0.3 is 14.6 Å². The number of ether oxygens (including phenoxy) is 2. The number of benzene rings is 1. The minimum Gasteiger partial charge on any atom is -0.494 e. The molecule has 0 spiro atoms. The summed E-state index contributed by atoms with van der Waals surface area (Å²) in [5.74, 6) is 1.66. The first kappa shape index (κ1) is 12.2. The van der Waals surface area contributed by atoms with Gasteiger partial charge in [-0.05, 0) is 50.5 Å². The molecule has 2 rings (SSSR count). The Morgan fingerprint density at radius 2 is 1.76 bits per heavy atom. The summed E-state index contributed by atoms with van der Waals surface area (Å²) in [6, 6.07) is 7.58. The molecule has 1 saturated carbocycles. The fourth-order valence-electron chi connectivity index (χ4n) is 2.17. The van der Waals surface area contributed by atoms with E-state index in [1.54, 1.807) is 0 Å². The second-order valence-corrected chi connectivity index (χ2v) is 4.41. The summed E-state index contributed by atoms with van der Waals surface area (Å²) in [5.41, 5.74) is 0. The van der Waals surface area contributed by atoms with E-state index in [1.807, 2.05) is 31.2 Å². The Labute approximate surface area is 102 Å². The Kier molecular flexibility index (Phi) is 4.26. The van der Waals surface area contributed by atoms with Gasteiger partial charge in [0.05, 0.1) is 12.7 Å². The van der Waals surface area contributed by atoms with Crippen molar-refractivity contribution in [1.82, 2.24) is 0 Å². The van der Waals surface area contributed by atoms with E-state index in [9.17, 15) is 5.11 Å². The second kappa shape index (κ2) is 5.92. The van der Waals surface area contributed by atoms with Crippen LogP contribution in [0.2, 0.25) is 0 Å². The summed E-state index contributed by atoms with van der Waals surface area (Å²) < 4.78 is 11.2. The Bertz CT molecular complexity index is 334. The fraction of sp³-hybridized carbons (Fsp3) is 0.571. The molecule has 0 saturated heterocycles. The molecule has 17 heavy (non-hydrogen) atoms. The lowest BCUT2D eigenvalue weighted by molar-refractivity contribution is 0.00685. The molecule has 3 heteroatoms. The molecule has 2 atom stereocenters. The van der Waals surface area contributed by atoms with Crippen LogP contribution in [0.15, 0.2) is 24.3 Å². The van der Waals surface area contributed by atoms with Gasteiger partial charge in [0.2, 0.25) is 0 Å². The molecule has 1 aromatic carbocycles. The smallest absolute Gasteiger partial charge is 0.124 e. The first-order valence-corrected chi connectivity index (χ1v) is 6.37. The molecule has 0 bridgehead atoms. The highest BCUT2D eigenvalue weighted by molar-refractivity contribution is 5.31. The Balaban J connectivity index is 1.93. The van der Waals surface area contributed by atoms with Gasteiger partial charge in [-0.15, -0.1) is 0 Å². The van der Waals surface area contributed by atoms with Crippen molar-refractivity contribution in [2.24, 2.45) is 0 Å². The molecule has 3 nitrogen and oxygen atoms in total. The number of aliphatic hydroxyl groups excluding tert-OH is 1. The summed E-state index contributed by atoms with van der Waals surface area (Å²) in [6.07, 6.45) is 3.65. The predicted octanol–water partition coefficient (Wildman–Crippen LogP) is 2.77. The lowest BCUT2D eigenvalue weighted by Crippen LogP contribution is -2.34. The molecule has 94 valence electrons. The maximum Gasteiger partial charge on any atom is 0.124 e. The SMILES string of the molecule is CCOc1ccc(O[C@H]2CCCC[C@@H]2O)cc1. The van der Waals surface area contributed by atoms with Crippen LogP contribution in [0.5, 0.6) is 11.5 Å². The fourth-order valence-corrected chi connectivity index (χ4v) is 2.17. The topological polar surface area (TPSA) is 38.7 Å². The zero-order valence-electron chi connectivity index (χ0n) is 10.3. The number of hydrogen-bond acceptors (Lipinski definition) is 3. The van der Waals surface area contributed by atoms with Crippen LogP contribution in [0.25, 0.3) is 0 Å². The monoisotopic (exact) mass is 236 g/mol. The van der Waals surface area contributed by atoms with Gasteiger partial charge in [0, 0.05) is 0 Å². The van der Waals surface area contributed by atoms with Crippen molar-refractivity contribution in [3.05, 3.63) is 24.3 Å². The highest BCUT2D eigenvalue weighted by Crippen LogP contribution is 2.25. The minimum atomic E-state index is -0.324. The first-order chi connectivity index (χ1) is 8.29. The summed E-state index contributed by atoms with van der Waals surface area (Å²) in [7, 11) is 0. The normalized spacial score (nSPS) is 24.4. The van der Waals surface area contributed by atoms with E-state index in [-0.39, 0.29) is 12.2 Å². The summed E-state index contributed by atoms with van der Waals surface area (Å²) in [5, 5.41) is 9.82. The number of rotatable bonds is 4. The van der Waals surface area contributed by atoms with E-state index in [1.165, 1.54) is 0 Å². The van der Waals surface area contributed by atoms with Crippen LogP contribution in [0.4, 0.5) is 0 Å². The van der Waals surface area contributed by atoms with Gasteiger partial charge in [0.1, 0.15) is 17.6 Å². The largest absolute Gasteiger partial charge is 0.494 e. The van der Waals surface area contributed by atoms with Crippen molar-refractivity contribution in [3.8, 4) is 11.5 Å². The van der Waals surface area contributed by atoms with Crippen molar-refractivity contribution < 1.29 is 14.6 Å². The molecule has 0 aliphatic heterocycles.